The summed E-state index contributed by atoms with van der Waals surface area (Å²) in [5, 5.41) is 0.258. The molecule has 1 aliphatic heterocycles. The second-order valence-corrected chi connectivity index (χ2v) is 8.10. The van der Waals surface area contributed by atoms with Gasteiger partial charge in [-0.15, -0.1) is 0 Å². The van der Waals surface area contributed by atoms with Gasteiger partial charge < -0.3 is 9.80 Å². The monoisotopic (exact) mass is 375 g/mol. The highest BCUT2D eigenvalue weighted by molar-refractivity contribution is 7.91. The normalized spacial score (nSPS) is 15.1. The predicted molar refractivity (Wildman–Crippen MR) is 104 cm³/mol. The van der Waals surface area contributed by atoms with Gasteiger partial charge in [0, 0.05) is 31.9 Å². The molecule has 0 spiro atoms. The highest BCUT2D eigenvalue weighted by atomic mass is 32.2. The molecule has 0 saturated carbocycles. The molecule has 0 atom stereocenters. The van der Waals surface area contributed by atoms with Crippen molar-refractivity contribution in [1.29, 1.82) is 0 Å². The third kappa shape index (κ3) is 4.29. The van der Waals surface area contributed by atoms with Crippen LogP contribution in [0.25, 0.3) is 0 Å². The van der Waals surface area contributed by atoms with Crippen molar-refractivity contribution in [3.63, 3.8) is 0 Å². The number of hydrogen-bond donors (Lipinski definition) is 1. The number of hydrogen-bond acceptors (Lipinski definition) is 4. The summed E-state index contributed by atoms with van der Waals surface area (Å²) in [6.07, 6.45) is 0. The molecule has 0 amide bonds. The molecule has 0 aromatic heterocycles. The number of sulfonamides is 1. The molecule has 3 rings (SSSR count). The van der Waals surface area contributed by atoms with Crippen LogP contribution in [0.3, 0.4) is 0 Å². The molecule has 0 bridgehead atoms. The Morgan fingerprint density at radius 3 is 2.16 bits per heavy atom. The van der Waals surface area contributed by atoms with Crippen molar-refractivity contribution in [1.82, 2.24) is 9.62 Å². The van der Waals surface area contributed by atoms with Gasteiger partial charge in [0.15, 0.2) is 5.11 Å². The van der Waals surface area contributed by atoms with Crippen LogP contribution in [0.1, 0.15) is 5.56 Å². The average molecular weight is 376 g/mol. The van der Waals surface area contributed by atoms with Crippen LogP contribution in [0.15, 0.2) is 59.5 Å². The quantitative estimate of drug-likeness (QED) is 0.835. The molecule has 5 nitrogen and oxygen atoms in total. The second-order valence-electron chi connectivity index (χ2n) is 6.03. The lowest BCUT2D eigenvalue weighted by molar-refractivity contribution is 0.385. The van der Waals surface area contributed by atoms with E-state index in [1.165, 1.54) is 5.69 Å². The SMILES string of the molecule is Cc1ccc(S(=O)(=O)NC(=S)N2CCN(c3ccccc3)CC2)cc1. The van der Waals surface area contributed by atoms with Crippen LogP contribution in [0.4, 0.5) is 5.69 Å². The van der Waals surface area contributed by atoms with Gasteiger partial charge in [-0.3, -0.25) is 4.72 Å². The largest absolute Gasteiger partial charge is 0.368 e. The van der Waals surface area contributed by atoms with Gasteiger partial charge in [0.25, 0.3) is 10.0 Å². The van der Waals surface area contributed by atoms with Crippen molar-refractivity contribution >= 4 is 33.0 Å². The summed E-state index contributed by atoms with van der Waals surface area (Å²) in [6, 6.07) is 16.9. The van der Waals surface area contributed by atoms with Gasteiger partial charge in [0.2, 0.25) is 0 Å². The van der Waals surface area contributed by atoms with Crippen molar-refractivity contribution in [2.75, 3.05) is 31.1 Å². The Morgan fingerprint density at radius 1 is 0.960 bits per heavy atom. The number of para-hydroxylation sites is 1. The first kappa shape index (κ1) is 17.7. The van der Waals surface area contributed by atoms with Crippen molar-refractivity contribution in [3.8, 4) is 0 Å². The number of aryl methyl sites for hydroxylation is 1. The van der Waals surface area contributed by atoms with Gasteiger partial charge in [-0.1, -0.05) is 35.9 Å². The first-order valence-corrected chi connectivity index (χ1v) is 10.0. The van der Waals surface area contributed by atoms with E-state index in [0.717, 1.165) is 18.7 Å². The van der Waals surface area contributed by atoms with Crippen LogP contribution in [-0.2, 0) is 10.0 Å². The molecule has 1 fully saturated rings. The lowest BCUT2D eigenvalue weighted by Crippen LogP contribution is -2.52. The summed E-state index contributed by atoms with van der Waals surface area (Å²) >= 11 is 5.32. The van der Waals surface area contributed by atoms with Crippen molar-refractivity contribution in [2.24, 2.45) is 0 Å². The van der Waals surface area contributed by atoms with Crippen LogP contribution in [-0.4, -0.2) is 44.6 Å². The number of piperazine rings is 1. The Kier molecular flexibility index (Phi) is 5.24. The van der Waals surface area contributed by atoms with E-state index in [1.807, 2.05) is 30.0 Å². The van der Waals surface area contributed by atoms with E-state index >= 15 is 0 Å². The Hall–Kier alpha value is -2.12. The number of nitrogens with zero attached hydrogens (tertiary/aromatic N) is 2. The number of anilines is 1. The fraction of sp³-hybridized carbons (Fsp3) is 0.278. The Balaban J connectivity index is 1.60. The third-order valence-corrected chi connectivity index (χ3v) is 6.09. The highest BCUT2D eigenvalue weighted by Crippen LogP contribution is 2.16. The fourth-order valence-corrected chi connectivity index (χ4v) is 4.25. The molecule has 0 aliphatic carbocycles. The topological polar surface area (TPSA) is 52.7 Å². The predicted octanol–water partition coefficient (Wildman–Crippen LogP) is 2.38. The Labute approximate surface area is 154 Å². The summed E-state index contributed by atoms with van der Waals surface area (Å²) in [5.74, 6) is 0. The van der Waals surface area contributed by atoms with E-state index in [1.54, 1.807) is 24.3 Å². The van der Waals surface area contributed by atoms with Crippen LogP contribution < -0.4 is 9.62 Å². The minimum atomic E-state index is -3.64. The maximum Gasteiger partial charge on any atom is 0.263 e. The average Bonchev–Trinajstić information content (AvgIpc) is 2.62. The number of thiocarbonyl (C=S) groups is 1. The molecule has 25 heavy (non-hydrogen) atoms. The van der Waals surface area contributed by atoms with Gasteiger partial charge in [-0.25, -0.2) is 8.42 Å². The Bertz CT molecular complexity index is 828. The van der Waals surface area contributed by atoms with E-state index in [-0.39, 0.29) is 10.0 Å². The molecule has 2 aromatic rings. The van der Waals surface area contributed by atoms with E-state index in [0.29, 0.717) is 13.1 Å². The molecule has 0 unspecified atom stereocenters. The van der Waals surface area contributed by atoms with Crippen LogP contribution in [0.2, 0.25) is 0 Å². The lowest BCUT2D eigenvalue weighted by atomic mass is 10.2. The van der Waals surface area contributed by atoms with Crippen LogP contribution in [0.5, 0.6) is 0 Å². The molecule has 1 N–H and O–H groups in total. The van der Waals surface area contributed by atoms with Gasteiger partial charge in [0.05, 0.1) is 4.90 Å². The van der Waals surface area contributed by atoms with Gasteiger partial charge in [-0.05, 0) is 43.4 Å². The van der Waals surface area contributed by atoms with Gasteiger partial charge in [0.1, 0.15) is 0 Å². The first-order valence-electron chi connectivity index (χ1n) is 8.14. The summed E-state index contributed by atoms with van der Waals surface area (Å²) in [6.45, 7) is 4.89. The minimum Gasteiger partial charge on any atom is -0.368 e. The van der Waals surface area contributed by atoms with E-state index in [2.05, 4.69) is 21.8 Å². The lowest BCUT2D eigenvalue weighted by Gasteiger charge is -2.37. The standard InChI is InChI=1S/C18H21N3O2S2/c1-15-7-9-17(10-8-15)25(22,23)19-18(24)21-13-11-20(12-14-21)16-5-3-2-4-6-16/h2-10H,11-14H2,1H3,(H,19,24). The summed E-state index contributed by atoms with van der Waals surface area (Å²) in [5.41, 5.74) is 2.19. The third-order valence-electron chi connectivity index (χ3n) is 4.24. The summed E-state index contributed by atoms with van der Waals surface area (Å²) in [7, 11) is -3.64. The maximum absolute atomic E-state index is 12.4. The number of nitrogens with one attached hydrogen (secondary N) is 1. The molecule has 1 aliphatic rings. The van der Waals surface area contributed by atoms with Crippen molar-refractivity contribution in [2.45, 2.75) is 11.8 Å². The Morgan fingerprint density at radius 2 is 1.56 bits per heavy atom. The summed E-state index contributed by atoms with van der Waals surface area (Å²) < 4.78 is 27.4. The molecule has 1 heterocycles. The smallest absolute Gasteiger partial charge is 0.263 e. The fourth-order valence-electron chi connectivity index (χ4n) is 2.76. The summed E-state index contributed by atoms with van der Waals surface area (Å²) in [4.78, 5) is 4.40. The van der Waals surface area contributed by atoms with Crippen LogP contribution in [0, 0.1) is 6.92 Å². The molecular weight excluding hydrogens is 354 g/mol. The molecular formula is C18H21N3O2S2. The van der Waals surface area contributed by atoms with Gasteiger partial charge in [-0.2, -0.15) is 0 Å². The molecule has 7 heteroatoms. The van der Waals surface area contributed by atoms with Crippen LogP contribution >= 0.6 is 12.2 Å². The number of rotatable bonds is 3. The zero-order valence-electron chi connectivity index (χ0n) is 14.1. The zero-order chi connectivity index (χ0) is 17.9. The van der Waals surface area contributed by atoms with E-state index in [4.69, 9.17) is 12.2 Å². The minimum absolute atomic E-state index is 0.225. The molecule has 0 radical (unpaired) electrons. The second kappa shape index (κ2) is 7.41. The highest BCUT2D eigenvalue weighted by Gasteiger charge is 2.23. The van der Waals surface area contributed by atoms with E-state index in [9.17, 15) is 8.42 Å². The van der Waals surface area contributed by atoms with Crippen molar-refractivity contribution in [3.05, 3.63) is 60.2 Å². The zero-order valence-corrected chi connectivity index (χ0v) is 15.7. The molecule has 2 aromatic carbocycles. The molecule has 132 valence electrons. The maximum atomic E-state index is 12.4. The van der Waals surface area contributed by atoms with E-state index < -0.39 is 10.0 Å². The van der Waals surface area contributed by atoms with Crippen molar-refractivity contribution < 1.29 is 8.42 Å². The number of benzene rings is 2. The first-order chi connectivity index (χ1) is 12.0. The molecule has 1 saturated heterocycles. The van der Waals surface area contributed by atoms with Gasteiger partial charge >= 0.3 is 0 Å².